The molecule has 15 heavy (non-hydrogen) atoms. The minimum atomic E-state index is -0.173. The van der Waals surface area contributed by atoms with Crippen LogP contribution in [0, 0.1) is 9.49 Å². The van der Waals surface area contributed by atoms with Crippen molar-refractivity contribution < 1.29 is 5.11 Å². The van der Waals surface area contributed by atoms with Crippen molar-refractivity contribution in [2.45, 2.75) is 19.9 Å². The standard InChI is InChI=1S/C9H14IN3O2/c1-5(2)6(3-14)13-8-7(10)9(15)12-4-11-8/h4-6,14H,3H2,1-2H3,(H2,11,12,13,15). The number of nitrogens with zero attached hydrogens (tertiary/aromatic N) is 1. The van der Waals surface area contributed by atoms with Gasteiger partial charge in [0.25, 0.3) is 5.56 Å². The summed E-state index contributed by atoms with van der Waals surface area (Å²) in [6.07, 6.45) is 1.35. The molecule has 1 aromatic heterocycles. The fraction of sp³-hybridized carbons (Fsp3) is 0.556. The lowest BCUT2D eigenvalue weighted by Gasteiger charge is -2.20. The fourth-order valence-electron chi connectivity index (χ4n) is 1.08. The zero-order valence-corrected chi connectivity index (χ0v) is 10.8. The van der Waals surface area contributed by atoms with Gasteiger partial charge in [0, 0.05) is 0 Å². The van der Waals surface area contributed by atoms with Crippen LogP contribution in [0.3, 0.4) is 0 Å². The second kappa shape index (κ2) is 5.45. The van der Waals surface area contributed by atoms with Gasteiger partial charge in [0.15, 0.2) is 0 Å². The van der Waals surface area contributed by atoms with E-state index in [-0.39, 0.29) is 24.1 Å². The lowest BCUT2D eigenvalue weighted by Crippen LogP contribution is -2.31. The highest BCUT2D eigenvalue weighted by Gasteiger charge is 2.14. The summed E-state index contributed by atoms with van der Waals surface area (Å²) in [6, 6.07) is -0.0900. The van der Waals surface area contributed by atoms with Gasteiger partial charge in [-0.3, -0.25) is 4.79 Å². The van der Waals surface area contributed by atoms with Crippen molar-refractivity contribution in [1.82, 2.24) is 9.97 Å². The van der Waals surface area contributed by atoms with Crippen molar-refractivity contribution >= 4 is 28.4 Å². The molecule has 0 aliphatic rings. The molecule has 3 N–H and O–H groups in total. The van der Waals surface area contributed by atoms with E-state index in [1.807, 2.05) is 36.4 Å². The Kier molecular flexibility index (Phi) is 4.52. The summed E-state index contributed by atoms with van der Waals surface area (Å²) in [5.74, 6) is 0.791. The number of hydrogen-bond acceptors (Lipinski definition) is 4. The summed E-state index contributed by atoms with van der Waals surface area (Å²) in [7, 11) is 0. The molecule has 1 aromatic rings. The molecule has 0 aromatic carbocycles. The summed E-state index contributed by atoms with van der Waals surface area (Å²) >= 11 is 1.93. The number of halogens is 1. The Morgan fingerprint density at radius 3 is 2.87 bits per heavy atom. The van der Waals surface area contributed by atoms with E-state index in [9.17, 15) is 4.79 Å². The maximum atomic E-state index is 11.3. The first-order chi connectivity index (χ1) is 7.06. The minimum absolute atomic E-state index is 0.0161. The fourth-order valence-corrected chi connectivity index (χ4v) is 1.53. The van der Waals surface area contributed by atoms with Crippen molar-refractivity contribution in [3.8, 4) is 0 Å². The Labute approximate surface area is 101 Å². The van der Waals surface area contributed by atoms with Gasteiger partial charge in [0.05, 0.1) is 19.0 Å². The second-order valence-electron chi connectivity index (χ2n) is 3.57. The monoisotopic (exact) mass is 323 g/mol. The quantitative estimate of drug-likeness (QED) is 0.717. The van der Waals surface area contributed by atoms with Crippen LogP contribution in [0.4, 0.5) is 5.82 Å². The molecule has 1 atom stereocenters. The largest absolute Gasteiger partial charge is 0.394 e. The summed E-state index contributed by atoms with van der Waals surface area (Å²) in [6.45, 7) is 4.00. The number of aromatic amines is 1. The molecule has 0 saturated carbocycles. The first-order valence-corrected chi connectivity index (χ1v) is 5.74. The predicted molar refractivity (Wildman–Crippen MR) is 66.9 cm³/mol. The summed E-state index contributed by atoms with van der Waals surface area (Å²) in [4.78, 5) is 17.8. The van der Waals surface area contributed by atoms with Gasteiger partial charge in [-0.15, -0.1) is 0 Å². The highest BCUT2D eigenvalue weighted by Crippen LogP contribution is 2.13. The van der Waals surface area contributed by atoms with Crippen molar-refractivity contribution in [2.75, 3.05) is 11.9 Å². The zero-order chi connectivity index (χ0) is 11.4. The molecule has 1 rings (SSSR count). The third kappa shape index (κ3) is 3.16. The average Bonchev–Trinajstić information content (AvgIpc) is 2.19. The molecule has 1 unspecified atom stereocenters. The Bertz CT molecular complexity index is 378. The van der Waals surface area contributed by atoms with Gasteiger partial charge in [-0.1, -0.05) is 13.8 Å². The number of nitrogens with one attached hydrogen (secondary N) is 2. The average molecular weight is 323 g/mol. The van der Waals surface area contributed by atoms with Crippen LogP contribution in [0.1, 0.15) is 13.8 Å². The molecule has 0 aliphatic carbocycles. The van der Waals surface area contributed by atoms with E-state index in [4.69, 9.17) is 5.11 Å². The normalized spacial score (nSPS) is 12.9. The maximum Gasteiger partial charge on any atom is 0.266 e. The molecule has 0 amide bonds. The Balaban J connectivity index is 2.88. The third-order valence-electron chi connectivity index (χ3n) is 2.12. The number of aromatic nitrogens is 2. The van der Waals surface area contributed by atoms with E-state index in [1.54, 1.807) is 0 Å². The Morgan fingerprint density at radius 2 is 2.33 bits per heavy atom. The van der Waals surface area contributed by atoms with Gasteiger partial charge < -0.3 is 15.4 Å². The van der Waals surface area contributed by atoms with Gasteiger partial charge in [0.1, 0.15) is 9.39 Å². The summed E-state index contributed by atoms with van der Waals surface area (Å²) in [5.41, 5.74) is -0.173. The van der Waals surface area contributed by atoms with Crippen molar-refractivity contribution in [3.05, 3.63) is 20.3 Å². The lowest BCUT2D eigenvalue weighted by atomic mass is 10.1. The van der Waals surface area contributed by atoms with Gasteiger partial charge >= 0.3 is 0 Å². The number of rotatable bonds is 4. The van der Waals surface area contributed by atoms with Crippen molar-refractivity contribution in [2.24, 2.45) is 5.92 Å². The topological polar surface area (TPSA) is 78.0 Å². The van der Waals surface area contributed by atoms with Gasteiger partial charge in [-0.05, 0) is 28.5 Å². The maximum absolute atomic E-state index is 11.3. The van der Waals surface area contributed by atoms with Crippen LogP contribution in [0.2, 0.25) is 0 Å². The molecule has 5 nitrogen and oxygen atoms in total. The first kappa shape index (κ1) is 12.4. The molecule has 0 aliphatic heterocycles. The molecular weight excluding hydrogens is 309 g/mol. The van der Waals surface area contributed by atoms with Crippen molar-refractivity contribution in [1.29, 1.82) is 0 Å². The SMILES string of the molecule is CC(C)C(CO)Nc1nc[nH]c(=O)c1I. The molecule has 0 bridgehead atoms. The van der Waals surface area contributed by atoms with E-state index in [2.05, 4.69) is 15.3 Å². The molecule has 84 valence electrons. The molecule has 0 radical (unpaired) electrons. The highest BCUT2D eigenvalue weighted by molar-refractivity contribution is 14.1. The third-order valence-corrected chi connectivity index (χ3v) is 3.12. The number of H-pyrrole nitrogens is 1. The Hall–Kier alpha value is -0.630. The number of aliphatic hydroxyl groups is 1. The van der Waals surface area contributed by atoms with Crippen LogP contribution in [0.25, 0.3) is 0 Å². The van der Waals surface area contributed by atoms with E-state index in [0.29, 0.717) is 9.39 Å². The number of aliphatic hydroxyl groups excluding tert-OH is 1. The Morgan fingerprint density at radius 1 is 1.67 bits per heavy atom. The molecule has 0 fully saturated rings. The van der Waals surface area contributed by atoms with Crippen LogP contribution in [-0.2, 0) is 0 Å². The zero-order valence-electron chi connectivity index (χ0n) is 8.62. The second-order valence-corrected chi connectivity index (χ2v) is 4.65. The number of hydrogen-bond donors (Lipinski definition) is 3. The highest BCUT2D eigenvalue weighted by atomic mass is 127. The lowest BCUT2D eigenvalue weighted by molar-refractivity contribution is 0.249. The van der Waals surface area contributed by atoms with Crippen LogP contribution in [-0.4, -0.2) is 27.7 Å². The molecule has 1 heterocycles. The van der Waals surface area contributed by atoms with Gasteiger partial charge in [-0.2, -0.15) is 0 Å². The van der Waals surface area contributed by atoms with Crippen LogP contribution < -0.4 is 10.9 Å². The van der Waals surface area contributed by atoms with E-state index < -0.39 is 0 Å². The van der Waals surface area contributed by atoms with Gasteiger partial charge in [-0.25, -0.2) is 4.98 Å². The first-order valence-electron chi connectivity index (χ1n) is 4.66. The van der Waals surface area contributed by atoms with Crippen LogP contribution >= 0.6 is 22.6 Å². The van der Waals surface area contributed by atoms with Crippen molar-refractivity contribution in [3.63, 3.8) is 0 Å². The predicted octanol–water partition coefficient (Wildman–Crippen LogP) is 0.803. The minimum Gasteiger partial charge on any atom is -0.394 e. The van der Waals surface area contributed by atoms with Crippen LogP contribution in [0.5, 0.6) is 0 Å². The van der Waals surface area contributed by atoms with E-state index in [0.717, 1.165) is 0 Å². The van der Waals surface area contributed by atoms with Gasteiger partial charge in [0.2, 0.25) is 0 Å². The molecular formula is C9H14IN3O2. The molecule has 0 spiro atoms. The van der Waals surface area contributed by atoms with Crippen LogP contribution in [0.15, 0.2) is 11.1 Å². The summed E-state index contributed by atoms with van der Waals surface area (Å²) < 4.78 is 0.509. The van der Waals surface area contributed by atoms with E-state index in [1.165, 1.54) is 6.33 Å². The van der Waals surface area contributed by atoms with E-state index >= 15 is 0 Å². The molecule has 6 heteroatoms. The summed E-state index contributed by atoms with van der Waals surface area (Å²) in [5, 5.41) is 12.2. The number of anilines is 1. The smallest absolute Gasteiger partial charge is 0.266 e. The molecule has 0 saturated heterocycles.